The van der Waals surface area contributed by atoms with Crippen molar-refractivity contribution in [3.05, 3.63) is 60.4 Å². The number of aromatic nitrogens is 3. The summed E-state index contributed by atoms with van der Waals surface area (Å²) >= 11 is 0. The summed E-state index contributed by atoms with van der Waals surface area (Å²) in [5.74, 6) is 1.57. The zero-order valence-corrected chi connectivity index (χ0v) is 23.6. The number of hydrogen-bond donors (Lipinski definition) is 1. The van der Waals surface area contributed by atoms with Crippen molar-refractivity contribution in [1.29, 1.82) is 0 Å². The number of fused-ring (bicyclic) bond motifs is 7. The van der Waals surface area contributed by atoms with Crippen molar-refractivity contribution in [2.75, 3.05) is 62.5 Å². The van der Waals surface area contributed by atoms with Gasteiger partial charge in [0.2, 0.25) is 21.9 Å². The standard InChI is InChI=1S/C28H34N6O5S/c1-3-40(35,36)34-13-11-33(12-14-34)24-8-7-23-17-22(24)20-38-15-5-4-6-16-39-26-18-21(9-10-29-26)27-25(37-2)19-30-28(31-23)32-27/h4-5,7-10,17-19H,3,6,11-16,20H2,1-2H3,(H,30,31,32)/b5-4+. The fourth-order valence-corrected chi connectivity index (χ4v) is 5.77. The number of piperazine rings is 1. The Morgan fingerprint density at radius 2 is 1.93 bits per heavy atom. The summed E-state index contributed by atoms with van der Waals surface area (Å²) < 4.78 is 43.6. The number of methoxy groups -OCH3 is 1. The minimum absolute atomic E-state index is 0.115. The van der Waals surface area contributed by atoms with E-state index in [1.165, 1.54) is 0 Å². The number of sulfonamides is 1. The van der Waals surface area contributed by atoms with Crippen LogP contribution in [0.1, 0.15) is 18.9 Å². The Kier molecular flexibility index (Phi) is 8.78. The van der Waals surface area contributed by atoms with E-state index in [0.717, 1.165) is 22.5 Å². The highest BCUT2D eigenvalue weighted by atomic mass is 32.2. The zero-order chi connectivity index (χ0) is 28.0. The van der Waals surface area contributed by atoms with Gasteiger partial charge in [-0.05, 0) is 37.6 Å². The summed E-state index contributed by atoms with van der Waals surface area (Å²) in [5.41, 5.74) is 4.24. The predicted molar refractivity (Wildman–Crippen MR) is 154 cm³/mol. The average Bonchev–Trinajstić information content (AvgIpc) is 2.98. The van der Waals surface area contributed by atoms with Crippen LogP contribution < -0.4 is 19.7 Å². The minimum Gasteiger partial charge on any atom is -0.493 e. The Balaban J connectivity index is 1.45. The van der Waals surface area contributed by atoms with E-state index in [1.54, 1.807) is 30.7 Å². The summed E-state index contributed by atoms with van der Waals surface area (Å²) in [6.45, 7) is 5.14. The van der Waals surface area contributed by atoms with E-state index in [2.05, 4.69) is 20.2 Å². The normalized spacial score (nSPS) is 17.6. The summed E-state index contributed by atoms with van der Waals surface area (Å²) in [6, 6.07) is 9.73. The maximum absolute atomic E-state index is 12.3. The Hall–Kier alpha value is -3.74. The zero-order valence-electron chi connectivity index (χ0n) is 22.7. The molecule has 4 heterocycles. The third-order valence-corrected chi connectivity index (χ3v) is 8.71. The fourth-order valence-electron chi connectivity index (χ4n) is 4.68. The van der Waals surface area contributed by atoms with E-state index < -0.39 is 10.0 Å². The summed E-state index contributed by atoms with van der Waals surface area (Å²) in [4.78, 5) is 15.7. The lowest BCUT2D eigenvalue weighted by Crippen LogP contribution is -2.49. The highest BCUT2D eigenvalue weighted by molar-refractivity contribution is 7.89. The molecule has 0 aliphatic carbocycles. The lowest BCUT2D eigenvalue weighted by Gasteiger charge is -2.36. The van der Waals surface area contributed by atoms with E-state index in [1.807, 2.05) is 42.5 Å². The number of rotatable bonds is 4. The van der Waals surface area contributed by atoms with Crippen LogP contribution in [0.4, 0.5) is 17.3 Å². The summed E-state index contributed by atoms with van der Waals surface area (Å²) in [6.07, 6.45) is 8.04. The fraction of sp³-hybridized carbons (Fsp3) is 0.393. The van der Waals surface area contributed by atoms with Gasteiger partial charge in [0, 0.05) is 60.9 Å². The van der Waals surface area contributed by atoms with Gasteiger partial charge < -0.3 is 24.4 Å². The van der Waals surface area contributed by atoms with E-state index in [-0.39, 0.29) is 5.75 Å². The predicted octanol–water partition coefficient (Wildman–Crippen LogP) is 3.62. The molecule has 2 aliphatic heterocycles. The highest BCUT2D eigenvalue weighted by Gasteiger charge is 2.26. The number of nitrogens with zero attached hydrogens (tertiary/aromatic N) is 5. The van der Waals surface area contributed by atoms with E-state index in [0.29, 0.717) is 75.7 Å². The molecule has 2 aliphatic rings. The number of anilines is 3. The average molecular weight is 567 g/mol. The first-order valence-corrected chi connectivity index (χ1v) is 14.9. The third kappa shape index (κ3) is 6.52. The molecule has 1 N–H and O–H groups in total. The van der Waals surface area contributed by atoms with E-state index >= 15 is 0 Å². The molecule has 5 rings (SSSR count). The van der Waals surface area contributed by atoms with Gasteiger partial charge in [0.25, 0.3) is 0 Å². The second kappa shape index (κ2) is 12.6. The second-order valence-electron chi connectivity index (χ2n) is 9.37. The summed E-state index contributed by atoms with van der Waals surface area (Å²) in [7, 11) is -1.62. The molecular formula is C28H34N6O5S. The molecule has 0 amide bonds. The van der Waals surface area contributed by atoms with Gasteiger partial charge in [0.05, 0.1) is 38.9 Å². The first-order valence-electron chi connectivity index (χ1n) is 13.3. The highest BCUT2D eigenvalue weighted by Crippen LogP contribution is 2.32. The minimum atomic E-state index is -3.20. The van der Waals surface area contributed by atoms with Crippen LogP contribution in [0.25, 0.3) is 11.3 Å². The van der Waals surface area contributed by atoms with Crippen molar-refractivity contribution in [2.24, 2.45) is 0 Å². The van der Waals surface area contributed by atoms with Crippen molar-refractivity contribution in [3.8, 4) is 22.9 Å². The van der Waals surface area contributed by atoms with Crippen LogP contribution in [0.3, 0.4) is 0 Å². The molecule has 3 aromatic rings. The second-order valence-corrected chi connectivity index (χ2v) is 11.6. The van der Waals surface area contributed by atoms with Crippen LogP contribution >= 0.6 is 0 Å². The molecular weight excluding hydrogens is 532 g/mol. The number of ether oxygens (including phenoxy) is 3. The van der Waals surface area contributed by atoms with Gasteiger partial charge in [-0.3, -0.25) is 0 Å². The monoisotopic (exact) mass is 566 g/mol. The van der Waals surface area contributed by atoms with Crippen molar-refractivity contribution in [2.45, 2.75) is 20.0 Å². The Bertz CT molecular complexity index is 1460. The molecule has 40 heavy (non-hydrogen) atoms. The van der Waals surface area contributed by atoms with Crippen LogP contribution in [-0.4, -0.2) is 79.9 Å². The molecule has 11 nitrogen and oxygen atoms in total. The van der Waals surface area contributed by atoms with Crippen LogP contribution in [0.15, 0.2) is 54.9 Å². The van der Waals surface area contributed by atoms with Crippen LogP contribution in [0, 0.1) is 0 Å². The largest absolute Gasteiger partial charge is 0.493 e. The molecule has 0 spiro atoms. The lowest BCUT2D eigenvalue weighted by molar-refractivity contribution is 0.148. The van der Waals surface area contributed by atoms with Crippen LogP contribution in [0.2, 0.25) is 0 Å². The molecule has 0 unspecified atom stereocenters. The molecule has 6 bridgehead atoms. The smallest absolute Gasteiger partial charge is 0.227 e. The summed E-state index contributed by atoms with van der Waals surface area (Å²) in [5, 5.41) is 3.31. The molecule has 212 valence electrons. The van der Waals surface area contributed by atoms with Crippen LogP contribution in [0.5, 0.6) is 11.6 Å². The van der Waals surface area contributed by atoms with Gasteiger partial charge in [-0.25, -0.2) is 23.4 Å². The number of hydrogen-bond acceptors (Lipinski definition) is 10. The lowest BCUT2D eigenvalue weighted by atomic mass is 10.1. The van der Waals surface area contributed by atoms with Crippen molar-refractivity contribution >= 4 is 27.3 Å². The Morgan fingerprint density at radius 1 is 1.07 bits per heavy atom. The molecule has 1 aromatic carbocycles. The third-order valence-electron chi connectivity index (χ3n) is 6.83. The van der Waals surface area contributed by atoms with Gasteiger partial charge in [-0.2, -0.15) is 4.31 Å². The SMILES string of the molecule is CCS(=O)(=O)N1CCN(c2ccc3cc2COC/C=C/CCOc2cc(ccn2)-c2nc(ncc2OC)N3)CC1. The van der Waals surface area contributed by atoms with Gasteiger partial charge in [-0.15, -0.1) is 0 Å². The van der Waals surface area contributed by atoms with Crippen LogP contribution in [-0.2, 0) is 21.4 Å². The molecule has 0 atom stereocenters. The Labute approximate surface area is 234 Å². The molecule has 12 heteroatoms. The van der Waals surface area contributed by atoms with Crippen molar-refractivity contribution < 1.29 is 22.6 Å². The maximum Gasteiger partial charge on any atom is 0.227 e. The van der Waals surface area contributed by atoms with Gasteiger partial charge >= 0.3 is 0 Å². The van der Waals surface area contributed by atoms with Gasteiger partial charge in [0.15, 0.2) is 5.75 Å². The van der Waals surface area contributed by atoms with E-state index in [4.69, 9.17) is 19.2 Å². The first-order chi connectivity index (χ1) is 19.5. The molecule has 1 fully saturated rings. The van der Waals surface area contributed by atoms with Gasteiger partial charge in [0.1, 0.15) is 5.69 Å². The maximum atomic E-state index is 12.3. The van der Waals surface area contributed by atoms with Crippen molar-refractivity contribution in [1.82, 2.24) is 19.3 Å². The first kappa shape index (κ1) is 27.8. The Morgan fingerprint density at radius 3 is 2.73 bits per heavy atom. The number of pyridine rings is 1. The van der Waals surface area contributed by atoms with E-state index in [9.17, 15) is 8.42 Å². The molecule has 0 radical (unpaired) electrons. The molecule has 0 saturated carbocycles. The topological polar surface area (TPSA) is 119 Å². The number of nitrogens with one attached hydrogen (secondary N) is 1. The van der Waals surface area contributed by atoms with Gasteiger partial charge in [-0.1, -0.05) is 12.2 Å². The molecule has 1 saturated heterocycles. The van der Waals surface area contributed by atoms with Crippen molar-refractivity contribution in [3.63, 3.8) is 0 Å². The molecule has 2 aromatic heterocycles. The number of benzene rings is 1. The quantitative estimate of drug-likeness (QED) is 0.469.